The molecule has 0 heterocycles. The van der Waals surface area contributed by atoms with E-state index in [1.807, 2.05) is 24.3 Å². The van der Waals surface area contributed by atoms with Crippen molar-refractivity contribution in [3.8, 4) is 0 Å². The summed E-state index contributed by atoms with van der Waals surface area (Å²) in [5, 5.41) is 20.6. The quantitative estimate of drug-likeness (QED) is 0.706. The third-order valence-corrected chi connectivity index (χ3v) is 5.40. The summed E-state index contributed by atoms with van der Waals surface area (Å²) in [6.45, 7) is 1.11. The van der Waals surface area contributed by atoms with E-state index in [1.165, 1.54) is 12.5 Å². The number of rotatable bonds is 6. The molecule has 0 spiro atoms. The molecular formula is C17H21NO5S. The molecule has 1 aromatic rings. The minimum atomic E-state index is -1.64. The number of aryl methyl sites for hydroxylation is 1. The van der Waals surface area contributed by atoms with E-state index in [1.54, 1.807) is 0 Å². The van der Waals surface area contributed by atoms with Crippen molar-refractivity contribution in [2.24, 2.45) is 5.41 Å². The normalized spacial score (nSPS) is 20.8. The Morgan fingerprint density at radius 3 is 2.58 bits per heavy atom. The Balaban J connectivity index is 2.17. The van der Waals surface area contributed by atoms with E-state index in [4.69, 9.17) is 5.11 Å². The molecule has 1 amide bonds. The second-order valence-corrected chi connectivity index (χ2v) is 7.22. The molecule has 3 N–H and O–H groups in total. The maximum atomic E-state index is 12.7. The van der Waals surface area contributed by atoms with Crippen molar-refractivity contribution in [1.29, 1.82) is 0 Å². The summed E-state index contributed by atoms with van der Waals surface area (Å²) in [6, 6.07) is 7.88. The SMILES string of the molecule is CC(=O)SCC1(C(=O)NCC(O)C(=O)O)CCc2ccccc2C1. The van der Waals surface area contributed by atoms with Gasteiger partial charge in [-0.1, -0.05) is 36.0 Å². The number of thioether (sulfide) groups is 1. The molecule has 2 rings (SSSR count). The van der Waals surface area contributed by atoms with Crippen LogP contribution >= 0.6 is 11.8 Å². The Kier molecular flexibility index (Phi) is 6.01. The van der Waals surface area contributed by atoms with Crippen molar-refractivity contribution < 1.29 is 24.6 Å². The standard InChI is InChI=1S/C17H21NO5S/c1-11(19)24-10-17(16(23)18-9-14(20)15(21)22)7-6-12-4-2-3-5-13(12)8-17/h2-5,14,20H,6-10H2,1H3,(H,18,23)(H,21,22). The summed E-state index contributed by atoms with van der Waals surface area (Å²) in [6.07, 6.45) is 0.170. The van der Waals surface area contributed by atoms with Crippen LogP contribution in [0.2, 0.25) is 0 Å². The fourth-order valence-corrected chi connectivity index (χ4v) is 3.74. The van der Waals surface area contributed by atoms with Gasteiger partial charge < -0.3 is 15.5 Å². The van der Waals surface area contributed by atoms with Crippen LogP contribution in [0.3, 0.4) is 0 Å². The molecule has 0 radical (unpaired) electrons. The molecule has 0 aliphatic heterocycles. The van der Waals surface area contributed by atoms with Crippen LogP contribution in [-0.4, -0.2) is 45.6 Å². The number of carbonyl (C=O) groups is 3. The van der Waals surface area contributed by atoms with Crippen molar-refractivity contribution in [3.05, 3.63) is 35.4 Å². The number of amides is 1. The lowest BCUT2D eigenvalue weighted by Crippen LogP contribution is -2.49. The highest BCUT2D eigenvalue weighted by Gasteiger charge is 2.41. The highest BCUT2D eigenvalue weighted by molar-refractivity contribution is 8.13. The Bertz CT molecular complexity index is 648. The van der Waals surface area contributed by atoms with Crippen molar-refractivity contribution in [1.82, 2.24) is 5.32 Å². The molecule has 0 aromatic heterocycles. The average molecular weight is 351 g/mol. The summed E-state index contributed by atoms with van der Waals surface area (Å²) in [4.78, 5) is 34.8. The topological polar surface area (TPSA) is 104 Å². The van der Waals surface area contributed by atoms with Crippen LogP contribution in [0.4, 0.5) is 0 Å². The molecule has 2 unspecified atom stereocenters. The molecule has 0 fully saturated rings. The van der Waals surface area contributed by atoms with Crippen LogP contribution in [0.5, 0.6) is 0 Å². The first kappa shape index (κ1) is 18.5. The van der Waals surface area contributed by atoms with E-state index in [9.17, 15) is 19.5 Å². The molecule has 130 valence electrons. The molecule has 1 aromatic carbocycles. The second-order valence-electron chi connectivity index (χ2n) is 6.07. The van der Waals surface area contributed by atoms with Gasteiger partial charge >= 0.3 is 5.97 Å². The van der Waals surface area contributed by atoms with Gasteiger partial charge in [-0.15, -0.1) is 0 Å². The lowest BCUT2D eigenvalue weighted by atomic mass is 9.72. The zero-order valence-electron chi connectivity index (χ0n) is 13.4. The Morgan fingerprint density at radius 1 is 1.29 bits per heavy atom. The number of benzene rings is 1. The lowest BCUT2D eigenvalue weighted by molar-refractivity contribution is -0.146. The first-order valence-electron chi connectivity index (χ1n) is 7.73. The molecule has 0 saturated carbocycles. The zero-order chi connectivity index (χ0) is 17.7. The van der Waals surface area contributed by atoms with Gasteiger partial charge in [-0.25, -0.2) is 4.79 Å². The van der Waals surface area contributed by atoms with E-state index < -0.39 is 17.5 Å². The monoisotopic (exact) mass is 351 g/mol. The van der Waals surface area contributed by atoms with Crippen LogP contribution in [0.15, 0.2) is 24.3 Å². The fourth-order valence-electron chi connectivity index (χ4n) is 2.89. The van der Waals surface area contributed by atoms with Gasteiger partial charge in [0.25, 0.3) is 0 Å². The highest BCUT2D eigenvalue weighted by Crippen LogP contribution is 2.38. The largest absolute Gasteiger partial charge is 0.479 e. The van der Waals surface area contributed by atoms with Gasteiger partial charge in [0.05, 0.1) is 12.0 Å². The fraction of sp³-hybridized carbons (Fsp3) is 0.471. The van der Waals surface area contributed by atoms with E-state index in [0.29, 0.717) is 18.6 Å². The van der Waals surface area contributed by atoms with E-state index in [0.717, 1.165) is 23.7 Å². The van der Waals surface area contributed by atoms with Crippen molar-refractivity contribution in [2.75, 3.05) is 12.3 Å². The van der Waals surface area contributed by atoms with Gasteiger partial charge in [0.2, 0.25) is 5.91 Å². The first-order chi connectivity index (χ1) is 11.3. The highest BCUT2D eigenvalue weighted by atomic mass is 32.2. The number of carboxylic acid groups (broad SMARTS) is 1. The van der Waals surface area contributed by atoms with Crippen LogP contribution in [0.25, 0.3) is 0 Å². The minimum Gasteiger partial charge on any atom is -0.479 e. The number of aliphatic carboxylic acids is 1. The number of hydrogen-bond acceptors (Lipinski definition) is 5. The van der Waals surface area contributed by atoms with Crippen LogP contribution < -0.4 is 5.32 Å². The Hall–Kier alpha value is -1.86. The number of fused-ring (bicyclic) bond motifs is 1. The maximum Gasteiger partial charge on any atom is 0.334 e. The predicted octanol–water partition coefficient (Wildman–Crippen LogP) is 1.00. The number of hydrogen-bond donors (Lipinski definition) is 3. The Labute approximate surface area is 144 Å². The van der Waals surface area contributed by atoms with Gasteiger partial charge in [0, 0.05) is 12.7 Å². The number of nitrogens with one attached hydrogen (secondary N) is 1. The predicted molar refractivity (Wildman–Crippen MR) is 90.7 cm³/mol. The van der Waals surface area contributed by atoms with Gasteiger partial charge in [0.15, 0.2) is 11.2 Å². The first-order valence-corrected chi connectivity index (χ1v) is 8.72. The number of carbonyl (C=O) groups excluding carboxylic acids is 2. The minimum absolute atomic E-state index is 0.0633. The molecule has 1 aliphatic rings. The summed E-state index contributed by atoms with van der Waals surface area (Å²) in [7, 11) is 0. The van der Waals surface area contributed by atoms with Gasteiger partial charge in [-0.2, -0.15) is 0 Å². The average Bonchev–Trinajstić information content (AvgIpc) is 2.57. The van der Waals surface area contributed by atoms with Gasteiger partial charge in [-0.05, 0) is 30.4 Å². The van der Waals surface area contributed by atoms with Crippen molar-refractivity contribution in [2.45, 2.75) is 32.3 Å². The van der Waals surface area contributed by atoms with Gasteiger partial charge in [-0.3, -0.25) is 9.59 Å². The third-order valence-electron chi connectivity index (χ3n) is 4.29. The molecule has 24 heavy (non-hydrogen) atoms. The number of aliphatic hydroxyl groups is 1. The molecule has 0 bridgehead atoms. The molecule has 1 aliphatic carbocycles. The molecule has 7 heteroatoms. The zero-order valence-corrected chi connectivity index (χ0v) is 14.3. The molecule has 6 nitrogen and oxygen atoms in total. The molecule has 0 saturated heterocycles. The summed E-state index contributed by atoms with van der Waals surface area (Å²) in [5.74, 6) is -1.35. The number of aliphatic hydroxyl groups excluding tert-OH is 1. The van der Waals surface area contributed by atoms with Crippen molar-refractivity contribution >= 4 is 28.8 Å². The second kappa shape index (κ2) is 7.81. The summed E-state index contributed by atoms with van der Waals surface area (Å²) < 4.78 is 0. The van der Waals surface area contributed by atoms with E-state index in [-0.39, 0.29) is 17.6 Å². The lowest BCUT2D eigenvalue weighted by Gasteiger charge is -2.36. The van der Waals surface area contributed by atoms with Crippen LogP contribution in [0.1, 0.15) is 24.5 Å². The van der Waals surface area contributed by atoms with Crippen LogP contribution in [-0.2, 0) is 27.2 Å². The molecule has 2 atom stereocenters. The van der Waals surface area contributed by atoms with E-state index >= 15 is 0 Å². The summed E-state index contributed by atoms with van der Waals surface area (Å²) in [5.41, 5.74) is 1.49. The maximum absolute atomic E-state index is 12.7. The molecular weight excluding hydrogens is 330 g/mol. The number of carboxylic acids is 1. The van der Waals surface area contributed by atoms with Crippen LogP contribution in [0, 0.1) is 5.41 Å². The Morgan fingerprint density at radius 2 is 1.96 bits per heavy atom. The summed E-state index contributed by atoms with van der Waals surface area (Å²) >= 11 is 1.10. The van der Waals surface area contributed by atoms with E-state index in [2.05, 4.69) is 5.32 Å². The third kappa shape index (κ3) is 4.36. The van der Waals surface area contributed by atoms with Gasteiger partial charge in [0.1, 0.15) is 0 Å². The van der Waals surface area contributed by atoms with Crippen molar-refractivity contribution in [3.63, 3.8) is 0 Å². The smallest absolute Gasteiger partial charge is 0.334 e.